The van der Waals surface area contributed by atoms with Gasteiger partial charge in [-0.25, -0.2) is 0 Å². The van der Waals surface area contributed by atoms with Gasteiger partial charge in [0.25, 0.3) is 0 Å². The van der Waals surface area contributed by atoms with Crippen LogP contribution in [0, 0.1) is 5.41 Å². The van der Waals surface area contributed by atoms with Crippen LogP contribution in [0.15, 0.2) is 23.6 Å². The zero-order valence-corrected chi connectivity index (χ0v) is 26.2. The van der Waals surface area contributed by atoms with Crippen molar-refractivity contribution < 1.29 is 4.79 Å². The fourth-order valence-electron chi connectivity index (χ4n) is 5.93. The minimum absolute atomic E-state index is 0.351. The van der Waals surface area contributed by atoms with Crippen LogP contribution in [0.1, 0.15) is 125 Å². The van der Waals surface area contributed by atoms with E-state index in [9.17, 15) is 4.79 Å². The third-order valence-electron chi connectivity index (χ3n) is 9.71. The van der Waals surface area contributed by atoms with Crippen LogP contribution in [-0.4, -0.2) is 21.9 Å². The maximum atomic E-state index is 14.1. The van der Waals surface area contributed by atoms with E-state index in [0.29, 0.717) is 5.78 Å². The first-order valence-electron chi connectivity index (χ1n) is 15.3. The number of carbonyl (C=O) groups is 1. The van der Waals surface area contributed by atoms with Gasteiger partial charge in [0.1, 0.15) is 5.78 Å². The third-order valence-corrected chi connectivity index (χ3v) is 19.9. The quantitative estimate of drug-likeness (QED) is 0.270. The predicted octanol–water partition coefficient (Wildman–Crippen LogP) is 10.8. The smallest absolute Gasteiger partial charge is 0.146 e. The molecule has 1 aliphatic rings. The van der Waals surface area contributed by atoms with Crippen molar-refractivity contribution in [2.45, 2.75) is 161 Å². The number of ketones is 1. The van der Waals surface area contributed by atoms with Gasteiger partial charge >= 0.3 is 0 Å². The van der Waals surface area contributed by atoms with Crippen molar-refractivity contribution in [3.05, 3.63) is 23.6 Å². The number of Topliss-reactive ketones (excluding diaryl/α,β-unsaturated/α-hetero) is 1. The third kappa shape index (κ3) is 9.92. The van der Waals surface area contributed by atoms with Crippen molar-refractivity contribution in [1.82, 2.24) is 0 Å². The Balaban J connectivity index is 3.40. The second kappa shape index (κ2) is 17.1. The first-order valence-corrected chi connectivity index (χ1v) is 20.7. The van der Waals surface area contributed by atoms with Crippen molar-refractivity contribution in [3.8, 4) is 0 Å². The lowest BCUT2D eigenvalue weighted by Crippen LogP contribution is -2.34. The summed E-state index contributed by atoms with van der Waals surface area (Å²) in [7, 11) is -2.85. The van der Waals surface area contributed by atoms with Gasteiger partial charge in [0.15, 0.2) is 0 Å². The average molecular weight is 505 g/mol. The first kappa shape index (κ1) is 31.6. The highest BCUT2D eigenvalue weighted by atomic mass is 28.3. The molecule has 0 amide bonds. The van der Waals surface area contributed by atoms with E-state index in [-0.39, 0.29) is 5.41 Å². The summed E-state index contributed by atoms with van der Waals surface area (Å²) in [5, 5.41) is 0. The van der Waals surface area contributed by atoms with Crippen LogP contribution in [0.2, 0.25) is 36.3 Å². The van der Waals surface area contributed by atoms with Gasteiger partial charge in [0.2, 0.25) is 0 Å². The molecule has 1 rings (SSSR count). The highest BCUT2D eigenvalue weighted by Gasteiger charge is 2.35. The molecule has 0 N–H and O–H groups in total. The monoisotopic (exact) mass is 504 g/mol. The minimum Gasteiger partial charge on any atom is -0.298 e. The molecule has 0 spiro atoms. The average Bonchev–Trinajstić information content (AvgIpc) is 2.88. The molecule has 34 heavy (non-hydrogen) atoms. The molecule has 0 atom stereocenters. The molecule has 1 saturated carbocycles. The maximum absolute atomic E-state index is 14.1. The Kier molecular flexibility index (Phi) is 15.9. The van der Waals surface area contributed by atoms with Gasteiger partial charge in [-0.1, -0.05) is 166 Å². The van der Waals surface area contributed by atoms with E-state index in [1.807, 2.05) is 0 Å². The molecule has 0 heterocycles. The molecule has 1 nitrogen and oxygen atoms in total. The summed E-state index contributed by atoms with van der Waals surface area (Å²) in [5.74, 6) is 0.521. The number of allylic oxidation sites excluding steroid dienone is 2. The van der Waals surface area contributed by atoms with Gasteiger partial charge in [-0.15, -0.1) is 0 Å². The summed E-state index contributed by atoms with van der Waals surface area (Å²) < 4.78 is 0. The fourth-order valence-corrected chi connectivity index (χ4v) is 11.6. The van der Waals surface area contributed by atoms with Crippen LogP contribution in [0.4, 0.5) is 0 Å². The number of carbonyl (C=O) groups excluding carboxylic acids is 1. The van der Waals surface area contributed by atoms with Crippen molar-refractivity contribution >= 4 is 21.9 Å². The summed E-state index contributed by atoms with van der Waals surface area (Å²) in [5.41, 5.74) is 4.89. The zero-order chi connectivity index (χ0) is 25.3. The standard InChI is InChI=1S/C31H60OSi2/c1-7-33(8-2,9-3)28-26-31(27-29-34(10-4,11-5)12-6)25-23-21-19-17-15-13-14-16-18-20-22-24-30(31)32/h26-29H,7-25H2,1-6H3/b28-26+,29-27+. The van der Waals surface area contributed by atoms with Crippen molar-refractivity contribution in [2.75, 3.05) is 0 Å². The Labute approximate surface area is 216 Å². The Morgan fingerprint density at radius 3 is 1.24 bits per heavy atom. The van der Waals surface area contributed by atoms with Crippen molar-refractivity contribution in [1.29, 1.82) is 0 Å². The molecule has 0 aromatic carbocycles. The molecule has 0 saturated heterocycles. The van der Waals surface area contributed by atoms with Gasteiger partial charge in [-0.05, 0) is 12.8 Å². The summed E-state index contributed by atoms with van der Waals surface area (Å²) in [6, 6.07) is 7.76. The lowest BCUT2D eigenvalue weighted by Gasteiger charge is -2.32. The Morgan fingerprint density at radius 1 is 0.559 bits per heavy atom. The van der Waals surface area contributed by atoms with Crippen LogP contribution in [0.5, 0.6) is 0 Å². The summed E-state index contributed by atoms with van der Waals surface area (Å²) >= 11 is 0. The highest BCUT2D eigenvalue weighted by Crippen LogP contribution is 2.37. The zero-order valence-electron chi connectivity index (χ0n) is 24.2. The van der Waals surface area contributed by atoms with Crippen LogP contribution in [0.25, 0.3) is 0 Å². The van der Waals surface area contributed by atoms with Gasteiger partial charge in [-0.2, -0.15) is 0 Å². The molecule has 0 radical (unpaired) electrons. The number of hydrogen-bond acceptors (Lipinski definition) is 1. The molecule has 0 bridgehead atoms. The molecular weight excluding hydrogens is 445 g/mol. The summed E-state index contributed by atoms with van der Waals surface area (Å²) in [6.45, 7) is 14.3. The maximum Gasteiger partial charge on any atom is 0.146 e. The Morgan fingerprint density at radius 2 is 0.882 bits per heavy atom. The first-order chi connectivity index (χ1) is 16.4. The highest BCUT2D eigenvalue weighted by molar-refractivity contribution is 6.84. The summed E-state index contributed by atoms with van der Waals surface area (Å²) in [6.07, 6.45) is 21.1. The van der Waals surface area contributed by atoms with E-state index >= 15 is 0 Å². The minimum atomic E-state index is -1.42. The van der Waals surface area contributed by atoms with E-state index < -0.39 is 16.1 Å². The number of rotatable bonds is 10. The molecule has 1 aliphatic carbocycles. The summed E-state index contributed by atoms with van der Waals surface area (Å²) in [4.78, 5) is 14.1. The van der Waals surface area contributed by atoms with E-state index in [1.165, 1.54) is 100 Å². The van der Waals surface area contributed by atoms with Crippen LogP contribution in [-0.2, 0) is 4.79 Å². The normalized spacial score (nSPS) is 20.5. The van der Waals surface area contributed by atoms with Gasteiger partial charge in [-0.3, -0.25) is 4.79 Å². The molecule has 0 aliphatic heterocycles. The lowest BCUT2D eigenvalue weighted by atomic mass is 9.77. The second-order valence-electron chi connectivity index (χ2n) is 11.4. The largest absolute Gasteiger partial charge is 0.298 e. The molecule has 1 fully saturated rings. The number of hydrogen-bond donors (Lipinski definition) is 0. The Bertz CT molecular complexity index is 552. The SMILES string of the molecule is CC[Si](/C=C/C1(/C=C/[Si](CC)(CC)CC)CCCCCCCCCCCCCC1=O)(CC)CC. The lowest BCUT2D eigenvalue weighted by molar-refractivity contribution is -0.124. The van der Waals surface area contributed by atoms with Gasteiger partial charge in [0.05, 0.1) is 21.6 Å². The van der Waals surface area contributed by atoms with E-state index in [1.54, 1.807) is 0 Å². The molecule has 198 valence electrons. The van der Waals surface area contributed by atoms with E-state index in [4.69, 9.17) is 0 Å². The van der Waals surface area contributed by atoms with Crippen molar-refractivity contribution in [3.63, 3.8) is 0 Å². The Hall–Kier alpha value is -0.416. The molecule has 0 aromatic heterocycles. The fraction of sp³-hybridized carbons (Fsp3) is 0.839. The van der Waals surface area contributed by atoms with Crippen LogP contribution < -0.4 is 0 Å². The molecule has 0 unspecified atom stereocenters. The van der Waals surface area contributed by atoms with Crippen LogP contribution >= 0.6 is 0 Å². The van der Waals surface area contributed by atoms with Crippen molar-refractivity contribution in [2.24, 2.45) is 5.41 Å². The predicted molar refractivity (Wildman–Crippen MR) is 160 cm³/mol. The molecule has 0 aromatic rings. The van der Waals surface area contributed by atoms with Gasteiger partial charge < -0.3 is 0 Å². The topological polar surface area (TPSA) is 17.1 Å². The van der Waals surface area contributed by atoms with Crippen LogP contribution in [0.3, 0.4) is 0 Å². The molecule has 3 heteroatoms. The van der Waals surface area contributed by atoms with E-state index in [0.717, 1.165) is 19.3 Å². The van der Waals surface area contributed by atoms with E-state index in [2.05, 4.69) is 65.1 Å². The van der Waals surface area contributed by atoms with Gasteiger partial charge in [0, 0.05) is 6.42 Å². The second-order valence-corrected chi connectivity index (χ2v) is 21.7. The molecular formula is C31H60OSi2.